The van der Waals surface area contributed by atoms with Gasteiger partial charge in [-0.05, 0) is 30.2 Å². The van der Waals surface area contributed by atoms with Crippen LogP contribution in [-0.4, -0.2) is 25.0 Å². The van der Waals surface area contributed by atoms with Crippen molar-refractivity contribution in [2.24, 2.45) is 5.92 Å². The van der Waals surface area contributed by atoms with Crippen LogP contribution in [0.2, 0.25) is 0 Å². The average Bonchev–Trinajstić information content (AvgIpc) is 3.03. The molecule has 1 aromatic carbocycles. The number of hydrogen-bond acceptors (Lipinski definition) is 4. The summed E-state index contributed by atoms with van der Waals surface area (Å²) in [7, 11) is 1.36. The zero-order valence-corrected chi connectivity index (χ0v) is 12.8. The zero-order valence-electron chi connectivity index (χ0n) is 12.8. The predicted octanol–water partition coefficient (Wildman–Crippen LogP) is 2.51. The van der Waals surface area contributed by atoms with Gasteiger partial charge in [0.2, 0.25) is 5.91 Å². The molecule has 0 saturated heterocycles. The number of nitrogens with zero attached hydrogens (tertiary/aromatic N) is 1. The van der Waals surface area contributed by atoms with Crippen LogP contribution in [0.5, 0.6) is 0 Å². The van der Waals surface area contributed by atoms with E-state index in [1.165, 1.54) is 7.11 Å². The first kappa shape index (κ1) is 14.1. The molecule has 118 valence electrons. The van der Waals surface area contributed by atoms with E-state index >= 15 is 0 Å². The monoisotopic (exact) mass is 311 g/mol. The van der Waals surface area contributed by atoms with Crippen molar-refractivity contribution in [3.05, 3.63) is 54.0 Å². The van der Waals surface area contributed by atoms with Crippen LogP contribution >= 0.6 is 0 Å². The van der Waals surface area contributed by atoms with Gasteiger partial charge in [-0.1, -0.05) is 18.2 Å². The van der Waals surface area contributed by atoms with E-state index in [2.05, 4.69) is 0 Å². The van der Waals surface area contributed by atoms with Crippen LogP contribution in [0.4, 0.5) is 5.69 Å². The van der Waals surface area contributed by atoms with E-state index in [1.54, 1.807) is 11.2 Å². The number of rotatable bonds is 3. The van der Waals surface area contributed by atoms with Crippen LogP contribution < -0.4 is 4.90 Å². The van der Waals surface area contributed by atoms with E-state index in [4.69, 9.17) is 9.15 Å². The maximum Gasteiger partial charge on any atom is 0.329 e. The van der Waals surface area contributed by atoms with E-state index in [0.717, 1.165) is 23.4 Å². The van der Waals surface area contributed by atoms with Crippen molar-refractivity contribution in [1.29, 1.82) is 0 Å². The van der Waals surface area contributed by atoms with E-state index in [1.807, 2.05) is 36.4 Å². The molecule has 0 unspecified atom stereocenters. The SMILES string of the molecule is COC(=O)[C@@H]1Cc2ccccc2N1C(=O)[C@H]1C[C@H]1c1ccco1. The average molecular weight is 311 g/mol. The molecule has 3 atom stereocenters. The molecule has 1 aliphatic carbocycles. The Morgan fingerprint density at radius 3 is 2.78 bits per heavy atom. The molecular formula is C18H17NO4. The summed E-state index contributed by atoms with van der Waals surface area (Å²) in [5.41, 5.74) is 1.82. The Labute approximate surface area is 133 Å². The third-order valence-electron chi connectivity index (χ3n) is 4.70. The highest BCUT2D eigenvalue weighted by atomic mass is 16.5. The number of anilines is 1. The van der Waals surface area contributed by atoms with Gasteiger partial charge in [0.25, 0.3) is 0 Å². The molecule has 2 aliphatic rings. The molecule has 0 bridgehead atoms. The van der Waals surface area contributed by atoms with Crippen molar-refractivity contribution in [1.82, 2.24) is 0 Å². The number of ether oxygens (including phenoxy) is 1. The summed E-state index contributed by atoms with van der Waals surface area (Å²) in [6, 6.07) is 10.8. The van der Waals surface area contributed by atoms with Crippen LogP contribution in [0.3, 0.4) is 0 Å². The Kier molecular flexibility index (Phi) is 3.22. The number of fused-ring (bicyclic) bond motifs is 1. The first-order valence-corrected chi connectivity index (χ1v) is 7.73. The Morgan fingerprint density at radius 1 is 1.22 bits per heavy atom. The minimum absolute atomic E-state index is 0.0215. The molecule has 5 heteroatoms. The number of carbonyl (C=O) groups is 2. The highest BCUT2D eigenvalue weighted by Gasteiger charge is 2.51. The van der Waals surface area contributed by atoms with Gasteiger partial charge in [-0.2, -0.15) is 0 Å². The van der Waals surface area contributed by atoms with Crippen molar-refractivity contribution in [2.75, 3.05) is 12.0 Å². The lowest BCUT2D eigenvalue weighted by molar-refractivity contribution is -0.143. The third kappa shape index (κ3) is 2.23. The van der Waals surface area contributed by atoms with Crippen molar-refractivity contribution < 1.29 is 18.7 Å². The number of amides is 1. The van der Waals surface area contributed by atoms with E-state index in [0.29, 0.717) is 6.42 Å². The predicted molar refractivity (Wildman–Crippen MR) is 83.0 cm³/mol. The molecule has 1 aromatic heterocycles. The Bertz CT molecular complexity index is 752. The van der Waals surface area contributed by atoms with Crippen molar-refractivity contribution in [3.8, 4) is 0 Å². The fraction of sp³-hybridized carbons (Fsp3) is 0.333. The maximum absolute atomic E-state index is 13.0. The summed E-state index contributed by atoms with van der Waals surface area (Å²) >= 11 is 0. The molecule has 5 nitrogen and oxygen atoms in total. The van der Waals surface area contributed by atoms with Crippen molar-refractivity contribution >= 4 is 17.6 Å². The largest absolute Gasteiger partial charge is 0.469 e. The molecule has 0 N–H and O–H groups in total. The summed E-state index contributed by atoms with van der Waals surface area (Å²) in [5.74, 6) is 0.435. The number of para-hydroxylation sites is 1. The Balaban J connectivity index is 1.62. The number of esters is 1. The number of methoxy groups -OCH3 is 1. The quantitative estimate of drug-likeness (QED) is 0.817. The van der Waals surface area contributed by atoms with Gasteiger partial charge in [-0.15, -0.1) is 0 Å². The molecular weight excluding hydrogens is 294 g/mol. The molecule has 1 amide bonds. The zero-order chi connectivity index (χ0) is 16.0. The summed E-state index contributed by atoms with van der Waals surface area (Å²) < 4.78 is 10.3. The highest BCUT2D eigenvalue weighted by molar-refractivity contribution is 6.04. The van der Waals surface area contributed by atoms with Gasteiger partial charge in [0.15, 0.2) is 0 Å². The lowest BCUT2D eigenvalue weighted by atomic mass is 10.1. The summed E-state index contributed by atoms with van der Waals surface area (Å²) in [6.45, 7) is 0. The number of benzene rings is 1. The molecule has 1 saturated carbocycles. The van der Waals surface area contributed by atoms with Crippen LogP contribution in [-0.2, 0) is 20.7 Å². The minimum atomic E-state index is -0.567. The first-order chi connectivity index (χ1) is 11.2. The number of hydrogen-bond donors (Lipinski definition) is 0. The van der Waals surface area contributed by atoms with Gasteiger partial charge in [-0.3, -0.25) is 9.69 Å². The van der Waals surface area contributed by atoms with E-state index in [9.17, 15) is 9.59 Å². The Hall–Kier alpha value is -2.56. The molecule has 0 radical (unpaired) electrons. The highest BCUT2D eigenvalue weighted by Crippen LogP contribution is 2.50. The summed E-state index contributed by atoms with van der Waals surface area (Å²) in [6.07, 6.45) is 2.89. The van der Waals surface area contributed by atoms with Crippen LogP contribution in [0.25, 0.3) is 0 Å². The van der Waals surface area contributed by atoms with Gasteiger partial charge in [-0.25, -0.2) is 4.79 Å². The molecule has 2 heterocycles. The van der Waals surface area contributed by atoms with Gasteiger partial charge < -0.3 is 9.15 Å². The van der Waals surface area contributed by atoms with Gasteiger partial charge in [0.05, 0.1) is 13.4 Å². The molecule has 2 aromatic rings. The normalized spacial score (nSPS) is 25.1. The molecule has 1 aliphatic heterocycles. The molecule has 0 spiro atoms. The van der Waals surface area contributed by atoms with Crippen LogP contribution in [0, 0.1) is 5.92 Å². The van der Waals surface area contributed by atoms with Gasteiger partial charge in [0.1, 0.15) is 11.8 Å². The van der Waals surface area contributed by atoms with E-state index < -0.39 is 6.04 Å². The molecule has 4 rings (SSSR count). The topological polar surface area (TPSA) is 59.8 Å². The summed E-state index contributed by atoms with van der Waals surface area (Å²) in [5, 5.41) is 0. The second-order valence-electron chi connectivity index (χ2n) is 6.04. The molecule has 23 heavy (non-hydrogen) atoms. The van der Waals surface area contributed by atoms with Crippen LogP contribution in [0.15, 0.2) is 47.1 Å². The lowest BCUT2D eigenvalue weighted by Crippen LogP contribution is -2.44. The van der Waals surface area contributed by atoms with Crippen molar-refractivity contribution in [3.63, 3.8) is 0 Å². The fourth-order valence-corrected chi connectivity index (χ4v) is 3.45. The number of furan rings is 1. The second-order valence-corrected chi connectivity index (χ2v) is 6.04. The third-order valence-corrected chi connectivity index (χ3v) is 4.70. The van der Waals surface area contributed by atoms with Gasteiger partial charge >= 0.3 is 5.97 Å². The maximum atomic E-state index is 13.0. The minimum Gasteiger partial charge on any atom is -0.469 e. The van der Waals surface area contributed by atoms with Gasteiger partial charge in [0, 0.05) is 23.9 Å². The second kappa shape index (κ2) is 5.26. The lowest BCUT2D eigenvalue weighted by Gasteiger charge is -2.24. The number of carbonyl (C=O) groups excluding carboxylic acids is 2. The standard InChI is InChI=1S/C18H17NO4/c1-22-18(21)15-9-11-5-2-3-6-14(11)19(15)17(20)13-10-12(13)16-7-4-8-23-16/h2-8,12-13,15H,9-10H2,1H3/t12-,13+,15+/m1/s1. The van der Waals surface area contributed by atoms with Crippen LogP contribution in [0.1, 0.15) is 23.7 Å². The first-order valence-electron chi connectivity index (χ1n) is 7.73. The summed E-state index contributed by atoms with van der Waals surface area (Å²) in [4.78, 5) is 26.7. The van der Waals surface area contributed by atoms with Crippen molar-refractivity contribution in [2.45, 2.75) is 24.8 Å². The fourth-order valence-electron chi connectivity index (χ4n) is 3.45. The Morgan fingerprint density at radius 2 is 2.04 bits per heavy atom. The van der Waals surface area contributed by atoms with E-state index in [-0.39, 0.29) is 23.7 Å². The molecule has 1 fully saturated rings. The smallest absolute Gasteiger partial charge is 0.329 e.